The number of nitrogens with zero attached hydrogens (tertiary/aromatic N) is 2. The summed E-state index contributed by atoms with van der Waals surface area (Å²) in [5.41, 5.74) is 3.33. The first-order valence-electron chi connectivity index (χ1n) is 12.5. The highest BCUT2D eigenvalue weighted by atomic mass is 32.1. The molecule has 0 unspecified atom stereocenters. The van der Waals surface area contributed by atoms with Gasteiger partial charge >= 0.3 is 0 Å². The van der Waals surface area contributed by atoms with Crippen molar-refractivity contribution in [2.45, 2.75) is 25.8 Å². The fraction of sp³-hybridized carbons (Fsp3) is 0.276. The second-order valence-electron chi connectivity index (χ2n) is 9.69. The van der Waals surface area contributed by atoms with Crippen molar-refractivity contribution in [2.24, 2.45) is 5.92 Å². The first-order chi connectivity index (χ1) is 18.0. The molecule has 0 atom stereocenters. The summed E-state index contributed by atoms with van der Waals surface area (Å²) in [6, 6.07) is 21.4. The third kappa shape index (κ3) is 4.76. The van der Waals surface area contributed by atoms with Gasteiger partial charge in [0.25, 0.3) is 11.5 Å². The van der Waals surface area contributed by atoms with Crippen LogP contribution in [0.4, 0.5) is 0 Å². The standard InChI is InChI=1S/C29H27N3O4S/c33-27(31-12-10-20(11-13-31)14-19-4-2-1-3-5-19)22-8-6-21(7-9-22)17-32-28(34)23-15-25-26(36-18-35-25)16-24(23)30-29(32)37/h1-9,15-16,20H,10-14,17-18H2,(H,30,37). The molecule has 188 valence electrons. The van der Waals surface area contributed by atoms with Crippen LogP contribution in [0.15, 0.2) is 71.5 Å². The maximum atomic E-state index is 13.2. The predicted molar refractivity (Wildman–Crippen MR) is 144 cm³/mol. The number of aromatic amines is 1. The van der Waals surface area contributed by atoms with Gasteiger partial charge in [-0.2, -0.15) is 0 Å². The molecule has 6 rings (SSSR count). The molecule has 7 nitrogen and oxygen atoms in total. The first kappa shape index (κ1) is 23.5. The van der Waals surface area contributed by atoms with Crippen molar-refractivity contribution < 1.29 is 14.3 Å². The maximum Gasteiger partial charge on any atom is 0.262 e. The number of rotatable bonds is 5. The molecule has 3 aromatic carbocycles. The zero-order valence-corrected chi connectivity index (χ0v) is 21.1. The number of hydrogen-bond donors (Lipinski definition) is 1. The number of hydrogen-bond acceptors (Lipinski definition) is 5. The van der Waals surface area contributed by atoms with Crippen LogP contribution in [-0.4, -0.2) is 40.2 Å². The number of H-pyrrole nitrogens is 1. The number of nitrogens with one attached hydrogen (secondary N) is 1. The molecule has 0 bridgehead atoms. The second-order valence-corrected chi connectivity index (χ2v) is 10.1. The Hall–Kier alpha value is -3.91. The Morgan fingerprint density at radius 3 is 2.38 bits per heavy atom. The molecule has 4 aromatic rings. The number of piperidine rings is 1. The molecule has 0 spiro atoms. The van der Waals surface area contributed by atoms with Crippen molar-refractivity contribution in [3.63, 3.8) is 0 Å². The van der Waals surface area contributed by atoms with Crippen LogP contribution in [-0.2, 0) is 13.0 Å². The topological polar surface area (TPSA) is 76.6 Å². The predicted octanol–water partition coefficient (Wildman–Crippen LogP) is 4.93. The first-order valence-corrected chi connectivity index (χ1v) is 12.9. The molecular weight excluding hydrogens is 486 g/mol. The molecule has 2 aliphatic rings. The van der Waals surface area contributed by atoms with E-state index in [0.29, 0.717) is 45.2 Å². The lowest BCUT2D eigenvalue weighted by atomic mass is 9.90. The average molecular weight is 514 g/mol. The van der Waals surface area contributed by atoms with E-state index in [-0.39, 0.29) is 18.3 Å². The Morgan fingerprint density at radius 1 is 0.946 bits per heavy atom. The highest BCUT2D eigenvalue weighted by molar-refractivity contribution is 7.71. The minimum Gasteiger partial charge on any atom is -0.454 e. The number of ether oxygens (including phenoxy) is 2. The highest BCUT2D eigenvalue weighted by Gasteiger charge is 2.24. The van der Waals surface area contributed by atoms with Crippen LogP contribution < -0.4 is 15.0 Å². The molecule has 1 amide bonds. The van der Waals surface area contributed by atoms with Crippen LogP contribution in [0.25, 0.3) is 10.9 Å². The summed E-state index contributed by atoms with van der Waals surface area (Å²) in [6.45, 7) is 1.99. The molecule has 0 saturated carbocycles. The second kappa shape index (κ2) is 9.86. The normalized spacial score (nSPS) is 15.3. The average Bonchev–Trinajstić information content (AvgIpc) is 3.39. The van der Waals surface area contributed by atoms with Crippen LogP contribution >= 0.6 is 12.2 Å². The number of benzene rings is 3. The number of amides is 1. The van der Waals surface area contributed by atoms with Gasteiger partial charge in [0.2, 0.25) is 6.79 Å². The summed E-state index contributed by atoms with van der Waals surface area (Å²) in [6.07, 6.45) is 3.10. The van der Waals surface area contributed by atoms with E-state index in [2.05, 4.69) is 29.2 Å². The Bertz CT molecular complexity index is 1570. The summed E-state index contributed by atoms with van der Waals surface area (Å²) >= 11 is 5.47. The summed E-state index contributed by atoms with van der Waals surface area (Å²) in [5, 5.41) is 0.486. The molecule has 2 aliphatic heterocycles. The van der Waals surface area contributed by atoms with E-state index in [0.717, 1.165) is 37.9 Å². The lowest BCUT2D eigenvalue weighted by Gasteiger charge is -2.32. The highest BCUT2D eigenvalue weighted by Crippen LogP contribution is 2.34. The van der Waals surface area contributed by atoms with Gasteiger partial charge in [-0.25, -0.2) is 0 Å². The van der Waals surface area contributed by atoms with E-state index in [4.69, 9.17) is 21.7 Å². The van der Waals surface area contributed by atoms with Gasteiger partial charge in [-0.1, -0.05) is 42.5 Å². The lowest BCUT2D eigenvalue weighted by molar-refractivity contribution is 0.0690. The van der Waals surface area contributed by atoms with Gasteiger partial charge in [0, 0.05) is 24.7 Å². The molecule has 1 N–H and O–H groups in total. The quantitative estimate of drug-likeness (QED) is 0.383. The SMILES string of the molecule is O=C(c1ccc(Cn2c(=S)[nH]c3cc4c(cc3c2=O)OCO4)cc1)N1CCC(Cc2ccccc2)CC1. The van der Waals surface area contributed by atoms with Crippen LogP contribution in [0.1, 0.15) is 34.3 Å². The number of carbonyl (C=O) groups is 1. The third-order valence-electron chi connectivity index (χ3n) is 7.29. The van der Waals surface area contributed by atoms with E-state index in [1.165, 1.54) is 10.1 Å². The number of fused-ring (bicyclic) bond motifs is 2. The molecule has 1 saturated heterocycles. The Morgan fingerprint density at radius 2 is 1.65 bits per heavy atom. The number of likely N-dealkylation sites (tertiary alicyclic amines) is 1. The molecule has 0 aliphatic carbocycles. The fourth-order valence-corrected chi connectivity index (χ4v) is 5.45. The number of aromatic nitrogens is 2. The van der Waals surface area contributed by atoms with Gasteiger partial charge in [-0.05, 0) is 66.7 Å². The molecule has 0 radical (unpaired) electrons. The molecule has 1 fully saturated rings. The van der Waals surface area contributed by atoms with Crippen molar-refractivity contribution in [3.8, 4) is 11.5 Å². The minimum absolute atomic E-state index is 0.0564. The molecule has 1 aromatic heterocycles. The third-order valence-corrected chi connectivity index (χ3v) is 7.61. The van der Waals surface area contributed by atoms with Crippen molar-refractivity contribution in [2.75, 3.05) is 19.9 Å². The van der Waals surface area contributed by atoms with E-state index in [9.17, 15) is 9.59 Å². The van der Waals surface area contributed by atoms with Gasteiger partial charge in [0.05, 0.1) is 17.4 Å². The summed E-state index contributed by atoms with van der Waals surface area (Å²) < 4.78 is 12.7. The Balaban J connectivity index is 1.13. The van der Waals surface area contributed by atoms with Gasteiger partial charge < -0.3 is 19.4 Å². The maximum absolute atomic E-state index is 13.2. The fourth-order valence-electron chi connectivity index (χ4n) is 5.19. The minimum atomic E-state index is -0.199. The molecular formula is C29H27N3O4S. The molecule has 3 heterocycles. The monoisotopic (exact) mass is 513 g/mol. The largest absolute Gasteiger partial charge is 0.454 e. The molecule has 8 heteroatoms. The van der Waals surface area contributed by atoms with E-state index in [1.54, 1.807) is 12.1 Å². The van der Waals surface area contributed by atoms with Crippen molar-refractivity contribution >= 4 is 29.0 Å². The zero-order chi connectivity index (χ0) is 25.4. The van der Waals surface area contributed by atoms with Crippen molar-refractivity contribution in [1.82, 2.24) is 14.5 Å². The van der Waals surface area contributed by atoms with Gasteiger partial charge in [-0.15, -0.1) is 0 Å². The van der Waals surface area contributed by atoms with Crippen LogP contribution in [0.3, 0.4) is 0 Å². The molecule has 37 heavy (non-hydrogen) atoms. The Kier molecular flexibility index (Phi) is 6.26. The summed E-state index contributed by atoms with van der Waals surface area (Å²) in [7, 11) is 0. The van der Waals surface area contributed by atoms with Crippen LogP contribution in [0.5, 0.6) is 11.5 Å². The van der Waals surface area contributed by atoms with E-state index < -0.39 is 0 Å². The summed E-state index contributed by atoms with van der Waals surface area (Å²) in [4.78, 5) is 31.4. The van der Waals surface area contributed by atoms with Gasteiger partial charge in [0.1, 0.15) is 0 Å². The Labute approximate surface area is 219 Å². The lowest BCUT2D eigenvalue weighted by Crippen LogP contribution is -2.38. The van der Waals surface area contributed by atoms with Gasteiger partial charge in [-0.3, -0.25) is 14.2 Å². The van der Waals surface area contributed by atoms with Crippen molar-refractivity contribution in [3.05, 3.63) is 98.5 Å². The smallest absolute Gasteiger partial charge is 0.262 e. The van der Waals surface area contributed by atoms with Crippen LogP contribution in [0, 0.1) is 10.7 Å². The zero-order valence-electron chi connectivity index (χ0n) is 20.3. The van der Waals surface area contributed by atoms with E-state index >= 15 is 0 Å². The van der Waals surface area contributed by atoms with E-state index in [1.807, 2.05) is 35.2 Å². The van der Waals surface area contributed by atoms with Gasteiger partial charge in [0.15, 0.2) is 16.3 Å². The summed E-state index contributed by atoms with van der Waals surface area (Å²) in [5.74, 6) is 1.81. The number of carbonyl (C=O) groups excluding carboxylic acids is 1. The van der Waals surface area contributed by atoms with Crippen LogP contribution in [0.2, 0.25) is 0 Å². The van der Waals surface area contributed by atoms with Crippen molar-refractivity contribution in [1.29, 1.82) is 0 Å².